The molecule has 0 radical (unpaired) electrons. The first-order chi connectivity index (χ1) is 15.1. The van der Waals surface area contributed by atoms with Crippen LogP contribution in [0.15, 0.2) is 29.1 Å². The quantitative estimate of drug-likeness (QED) is 0.818. The SMILES string of the molecule is O=C(C1CCCC1)N1CCC[C@@H]1c1nc2c(c(=O)[nH]1)CCN(Cc1ccccc1F)C2. The van der Waals surface area contributed by atoms with Crippen molar-refractivity contribution < 1.29 is 9.18 Å². The predicted molar refractivity (Wildman–Crippen MR) is 115 cm³/mol. The molecule has 1 atom stereocenters. The van der Waals surface area contributed by atoms with Gasteiger partial charge in [-0.25, -0.2) is 9.37 Å². The number of halogens is 1. The molecule has 31 heavy (non-hydrogen) atoms. The van der Waals surface area contributed by atoms with Crippen LogP contribution in [0.3, 0.4) is 0 Å². The minimum absolute atomic E-state index is 0.0919. The molecule has 3 heterocycles. The Morgan fingerprint density at radius 2 is 1.94 bits per heavy atom. The minimum atomic E-state index is -0.208. The number of nitrogens with zero attached hydrogens (tertiary/aromatic N) is 3. The van der Waals surface area contributed by atoms with Gasteiger partial charge in [-0.15, -0.1) is 0 Å². The van der Waals surface area contributed by atoms with E-state index in [4.69, 9.17) is 4.98 Å². The minimum Gasteiger partial charge on any atom is -0.332 e. The second kappa shape index (κ2) is 8.54. The molecule has 3 aliphatic rings. The molecule has 0 bridgehead atoms. The second-order valence-corrected chi connectivity index (χ2v) is 9.10. The average molecular weight is 425 g/mol. The van der Waals surface area contributed by atoms with Crippen molar-refractivity contribution in [2.24, 2.45) is 5.92 Å². The smallest absolute Gasteiger partial charge is 0.254 e. The Morgan fingerprint density at radius 3 is 2.74 bits per heavy atom. The lowest BCUT2D eigenvalue weighted by atomic mass is 10.0. The molecule has 2 fully saturated rings. The van der Waals surface area contributed by atoms with Gasteiger partial charge in [-0.2, -0.15) is 0 Å². The van der Waals surface area contributed by atoms with Gasteiger partial charge in [-0.1, -0.05) is 31.0 Å². The first kappa shape index (κ1) is 20.4. The number of carbonyl (C=O) groups excluding carboxylic acids is 1. The molecule has 6 nitrogen and oxygen atoms in total. The van der Waals surface area contributed by atoms with E-state index < -0.39 is 0 Å². The molecule has 2 aromatic rings. The number of aromatic nitrogens is 2. The molecule has 1 aliphatic carbocycles. The molecule has 5 rings (SSSR count). The Hall–Kier alpha value is -2.54. The fourth-order valence-corrected chi connectivity index (χ4v) is 5.40. The highest BCUT2D eigenvalue weighted by atomic mass is 19.1. The number of H-pyrrole nitrogens is 1. The van der Waals surface area contributed by atoms with Crippen LogP contribution < -0.4 is 5.56 Å². The third-order valence-corrected chi connectivity index (χ3v) is 7.08. The lowest BCUT2D eigenvalue weighted by Crippen LogP contribution is -2.38. The highest BCUT2D eigenvalue weighted by Crippen LogP contribution is 2.35. The fraction of sp³-hybridized carbons (Fsp3) is 0.542. The zero-order chi connectivity index (χ0) is 21.4. The molecule has 7 heteroatoms. The van der Waals surface area contributed by atoms with Crippen LogP contribution in [-0.4, -0.2) is 38.8 Å². The van der Waals surface area contributed by atoms with Crippen molar-refractivity contribution in [2.45, 2.75) is 64.1 Å². The molecular weight excluding hydrogens is 395 g/mol. The topological polar surface area (TPSA) is 69.3 Å². The van der Waals surface area contributed by atoms with Gasteiger partial charge in [-0.3, -0.25) is 14.5 Å². The van der Waals surface area contributed by atoms with Crippen LogP contribution in [0.25, 0.3) is 0 Å². The van der Waals surface area contributed by atoms with Gasteiger partial charge in [0.2, 0.25) is 5.91 Å². The lowest BCUT2D eigenvalue weighted by Gasteiger charge is -2.30. The number of fused-ring (bicyclic) bond motifs is 1. The number of carbonyl (C=O) groups is 1. The van der Waals surface area contributed by atoms with Gasteiger partial charge < -0.3 is 9.88 Å². The van der Waals surface area contributed by atoms with Crippen molar-refractivity contribution in [1.82, 2.24) is 19.8 Å². The average Bonchev–Trinajstić information content (AvgIpc) is 3.47. The maximum atomic E-state index is 14.1. The van der Waals surface area contributed by atoms with Crippen molar-refractivity contribution >= 4 is 5.91 Å². The van der Waals surface area contributed by atoms with Gasteiger partial charge in [0.1, 0.15) is 11.6 Å². The summed E-state index contributed by atoms with van der Waals surface area (Å²) in [6.07, 6.45) is 6.56. The van der Waals surface area contributed by atoms with Gasteiger partial charge in [0.05, 0.1) is 11.7 Å². The van der Waals surface area contributed by atoms with E-state index in [-0.39, 0.29) is 29.2 Å². The molecule has 0 spiro atoms. The number of benzene rings is 1. The van der Waals surface area contributed by atoms with Gasteiger partial charge in [0, 0.05) is 43.2 Å². The van der Waals surface area contributed by atoms with Crippen LogP contribution in [0.1, 0.15) is 67.2 Å². The second-order valence-electron chi connectivity index (χ2n) is 9.10. The predicted octanol–water partition coefficient (Wildman–Crippen LogP) is 3.32. The monoisotopic (exact) mass is 424 g/mol. The molecule has 1 saturated carbocycles. The summed E-state index contributed by atoms with van der Waals surface area (Å²) >= 11 is 0. The van der Waals surface area contributed by atoms with Crippen molar-refractivity contribution in [3.8, 4) is 0 Å². The number of rotatable bonds is 4. The zero-order valence-electron chi connectivity index (χ0n) is 17.8. The Kier molecular flexibility index (Phi) is 5.61. The molecule has 0 unspecified atom stereocenters. The largest absolute Gasteiger partial charge is 0.332 e. The highest BCUT2D eigenvalue weighted by Gasteiger charge is 2.37. The number of nitrogens with one attached hydrogen (secondary N) is 1. The van der Waals surface area contributed by atoms with E-state index in [1.807, 2.05) is 11.0 Å². The van der Waals surface area contributed by atoms with E-state index in [9.17, 15) is 14.0 Å². The number of aromatic amines is 1. The van der Waals surface area contributed by atoms with Gasteiger partial charge in [0.25, 0.3) is 5.56 Å². The summed E-state index contributed by atoms with van der Waals surface area (Å²) in [5.74, 6) is 0.753. The lowest BCUT2D eigenvalue weighted by molar-refractivity contribution is -0.136. The molecule has 1 aromatic carbocycles. The standard InChI is InChI=1S/C24H29FN4O2/c25-19-9-4-3-8-17(19)14-28-13-11-18-20(15-28)26-22(27-23(18)30)21-10-5-12-29(21)24(31)16-6-1-2-7-16/h3-4,8-9,16,21H,1-2,5-7,10-15H2,(H,26,27,30)/t21-/m1/s1. The van der Waals surface area contributed by atoms with E-state index in [0.29, 0.717) is 37.4 Å². The summed E-state index contributed by atoms with van der Waals surface area (Å²) in [6.45, 7) is 2.44. The maximum absolute atomic E-state index is 14.1. The Morgan fingerprint density at radius 1 is 1.13 bits per heavy atom. The Labute approximate surface area is 181 Å². The highest BCUT2D eigenvalue weighted by molar-refractivity contribution is 5.79. The summed E-state index contributed by atoms with van der Waals surface area (Å²) < 4.78 is 14.1. The number of hydrogen-bond acceptors (Lipinski definition) is 4. The van der Waals surface area contributed by atoms with Crippen LogP contribution in [-0.2, 0) is 24.3 Å². The number of amides is 1. The van der Waals surface area contributed by atoms with E-state index in [1.54, 1.807) is 12.1 Å². The van der Waals surface area contributed by atoms with E-state index in [1.165, 1.54) is 6.07 Å². The Bertz CT molecular complexity index is 1030. The molecule has 1 N–H and O–H groups in total. The van der Waals surface area contributed by atoms with Crippen molar-refractivity contribution in [3.05, 3.63) is 63.1 Å². The molecule has 1 aromatic heterocycles. The molecule has 2 aliphatic heterocycles. The Balaban J connectivity index is 1.37. The first-order valence-electron chi connectivity index (χ1n) is 11.5. The fourth-order valence-electron chi connectivity index (χ4n) is 5.40. The van der Waals surface area contributed by atoms with E-state index >= 15 is 0 Å². The summed E-state index contributed by atoms with van der Waals surface area (Å²) in [7, 11) is 0. The van der Waals surface area contributed by atoms with Crippen LogP contribution >= 0.6 is 0 Å². The number of hydrogen-bond donors (Lipinski definition) is 1. The van der Waals surface area contributed by atoms with E-state index in [2.05, 4.69) is 9.88 Å². The number of likely N-dealkylation sites (tertiary alicyclic amines) is 1. The van der Waals surface area contributed by atoms with Gasteiger partial charge in [0.15, 0.2) is 0 Å². The third-order valence-electron chi connectivity index (χ3n) is 7.08. The molecule has 1 saturated heterocycles. The van der Waals surface area contributed by atoms with Crippen LogP contribution in [0.4, 0.5) is 4.39 Å². The summed E-state index contributed by atoms with van der Waals surface area (Å²) in [6, 6.07) is 6.66. The van der Waals surface area contributed by atoms with Crippen LogP contribution in [0.2, 0.25) is 0 Å². The van der Waals surface area contributed by atoms with Crippen LogP contribution in [0.5, 0.6) is 0 Å². The van der Waals surface area contributed by atoms with Crippen molar-refractivity contribution in [2.75, 3.05) is 13.1 Å². The molecule has 1 amide bonds. The zero-order valence-corrected chi connectivity index (χ0v) is 17.8. The summed E-state index contributed by atoms with van der Waals surface area (Å²) in [4.78, 5) is 37.8. The van der Waals surface area contributed by atoms with Gasteiger partial charge in [-0.05, 0) is 38.2 Å². The van der Waals surface area contributed by atoms with E-state index in [0.717, 1.165) is 56.3 Å². The summed E-state index contributed by atoms with van der Waals surface area (Å²) in [5, 5.41) is 0. The molecular formula is C24H29FN4O2. The van der Waals surface area contributed by atoms with Crippen molar-refractivity contribution in [1.29, 1.82) is 0 Å². The molecule has 164 valence electrons. The maximum Gasteiger partial charge on any atom is 0.254 e. The van der Waals surface area contributed by atoms with Crippen molar-refractivity contribution in [3.63, 3.8) is 0 Å². The normalized spacial score (nSPS) is 22.1. The van der Waals surface area contributed by atoms with Crippen LogP contribution in [0, 0.1) is 11.7 Å². The first-order valence-corrected chi connectivity index (χ1v) is 11.5. The summed E-state index contributed by atoms with van der Waals surface area (Å²) in [5.41, 5.74) is 2.05. The van der Waals surface area contributed by atoms with Gasteiger partial charge >= 0.3 is 0 Å². The third kappa shape index (κ3) is 4.03.